The van der Waals surface area contributed by atoms with E-state index >= 15 is 0 Å². The molecule has 2 aliphatic rings. The van der Waals surface area contributed by atoms with Gasteiger partial charge in [-0.2, -0.15) is 4.31 Å². The Labute approximate surface area is 222 Å². The molecule has 6 nitrogen and oxygen atoms in total. The number of nitrogens with zero attached hydrogens (tertiary/aromatic N) is 2. The Bertz CT molecular complexity index is 1150. The molecular weight excluding hydrogens is 531 g/mol. The number of likely N-dealkylation sites (tertiary alicyclic amines) is 1. The normalized spacial score (nSPS) is 21.6. The largest absolute Gasteiger partial charge is 0.493 e. The van der Waals surface area contributed by atoms with E-state index in [1.54, 1.807) is 36.4 Å². The van der Waals surface area contributed by atoms with Crippen molar-refractivity contribution >= 4 is 50.7 Å². The molecule has 0 saturated carbocycles. The van der Waals surface area contributed by atoms with Gasteiger partial charge in [0.1, 0.15) is 10.6 Å². The second-order valence-corrected chi connectivity index (χ2v) is 12.5. The molecule has 0 radical (unpaired) electrons. The zero-order valence-corrected chi connectivity index (χ0v) is 22.5. The standard InChI is InChI=1S/C25H29Cl3N2O4S/c26-19-8-10-20(11-9-19)34-18-25(16-23(31)29-13-2-1-3-14-29)12-5-15-30(17-25)35(32,33)22-7-4-6-21(27)24(22)28/h4,6-11H,1-3,5,12-18H2/t25-/m0/s1. The van der Waals surface area contributed by atoms with Gasteiger partial charge in [0.15, 0.2) is 0 Å². The van der Waals surface area contributed by atoms with Gasteiger partial charge in [0, 0.05) is 43.0 Å². The molecule has 2 heterocycles. The lowest BCUT2D eigenvalue weighted by Gasteiger charge is -2.42. The Morgan fingerprint density at radius 2 is 1.66 bits per heavy atom. The van der Waals surface area contributed by atoms with Crippen molar-refractivity contribution in [2.45, 2.75) is 43.4 Å². The first kappa shape index (κ1) is 26.6. The number of carbonyl (C=O) groups excluding carboxylic acids is 1. The quantitative estimate of drug-likeness (QED) is 0.424. The van der Waals surface area contributed by atoms with Crippen LogP contribution in [0.1, 0.15) is 38.5 Å². The summed E-state index contributed by atoms with van der Waals surface area (Å²) >= 11 is 18.4. The summed E-state index contributed by atoms with van der Waals surface area (Å²) in [7, 11) is -3.92. The summed E-state index contributed by atoms with van der Waals surface area (Å²) in [6.07, 6.45) is 4.61. The zero-order chi connectivity index (χ0) is 25.1. The SMILES string of the molecule is O=C(C[C@@]1(COc2ccc(Cl)cc2)CCCN(S(=O)(=O)c2cccc(Cl)c2Cl)C1)N1CCCCC1. The lowest BCUT2D eigenvalue weighted by Crippen LogP contribution is -2.51. The average molecular weight is 560 g/mol. The molecule has 35 heavy (non-hydrogen) atoms. The third kappa shape index (κ3) is 6.25. The van der Waals surface area contributed by atoms with Crippen molar-refractivity contribution in [3.05, 3.63) is 57.5 Å². The van der Waals surface area contributed by atoms with Crippen LogP contribution in [-0.2, 0) is 14.8 Å². The molecule has 0 bridgehead atoms. The van der Waals surface area contributed by atoms with E-state index in [2.05, 4.69) is 0 Å². The number of carbonyl (C=O) groups is 1. The van der Waals surface area contributed by atoms with Gasteiger partial charge in [-0.3, -0.25) is 4.79 Å². The van der Waals surface area contributed by atoms with Crippen LogP contribution >= 0.6 is 34.8 Å². The van der Waals surface area contributed by atoms with E-state index < -0.39 is 15.4 Å². The first-order chi connectivity index (χ1) is 16.7. The van der Waals surface area contributed by atoms with E-state index in [9.17, 15) is 13.2 Å². The van der Waals surface area contributed by atoms with Gasteiger partial charge in [-0.25, -0.2) is 8.42 Å². The number of hydrogen-bond acceptors (Lipinski definition) is 4. The van der Waals surface area contributed by atoms with E-state index in [4.69, 9.17) is 39.5 Å². The van der Waals surface area contributed by atoms with E-state index in [-0.39, 0.29) is 40.4 Å². The predicted molar refractivity (Wildman–Crippen MR) is 139 cm³/mol. The zero-order valence-electron chi connectivity index (χ0n) is 19.4. The van der Waals surface area contributed by atoms with E-state index in [0.29, 0.717) is 30.2 Å². The minimum atomic E-state index is -3.92. The second-order valence-electron chi connectivity index (χ2n) is 9.35. The predicted octanol–water partition coefficient (Wildman–Crippen LogP) is 5.90. The molecule has 0 aromatic heterocycles. The summed E-state index contributed by atoms with van der Waals surface area (Å²) in [5, 5.41) is 0.787. The molecule has 0 aliphatic carbocycles. The Kier molecular flexibility index (Phi) is 8.54. The summed E-state index contributed by atoms with van der Waals surface area (Å²) < 4.78 is 34.7. The van der Waals surface area contributed by atoms with Crippen molar-refractivity contribution in [2.75, 3.05) is 32.8 Å². The highest BCUT2D eigenvalue weighted by Gasteiger charge is 2.43. The molecule has 1 amide bonds. The molecule has 190 valence electrons. The molecule has 0 unspecified atom stereocenters. The van der Waals surface area contributed by atoms with Gasteiger partial charge in [0.25, 0.3) is 0 Å². The molecule has 2 aromatic rings. The van der Waals surface area contributed by atoms with Gasteiger partial charge < -0.3 is 9.64 Å². The summed E-state index contributed by atoms with van der Waals surface area (Å²) in [5.41, 5.74) is -0.676. The van der Waals surface area contributed by atoms with Crippen molar-refractivity contribution in [1.29, 1.82) is 0 Å². The maximum Gasteiger partial charge on any atom is 0.244 e. The van der Waals surface area contributed by atoms with Gasteiger partial charge in [0.05, 0.1) is 16.7 Å². The first-order valence-corrected chi connectivity index (χ1v) is 14.4. The van der Waals surface area contributed by atoms with Crippen LogP contribution in [0, 0.1) is 5.41 Å². The van der Waals surface area contributed by atoms with Crippen LogP contribution in [0.25, 0.3) is 0 Å². The Hall–Kier alpha value is -1.51. The molecule has 2 fully saturated rings. The molecule has 2 saturated heterocycles. The highest BCUT2D eigenvalue weighted by Crippen LogP contribution is 2.39. The fourth-order valence-electron chi connectivity index (χ4n) is 4.85. The van der Waals surface area contributed by atoms with Crippen LogP contribution in [0.5, 0.6) is 5.75 Å². The Balaban J connectivity index is 1.60. The monoisotopic (exact) mass is 558 g/mol. The van der Waals surface area contributed by atoms with Crippen molar-refractivity contribution in [3.8, 4) is 5.75 Å². The lowest BCUT2D eigenvalue weighted by molar-refractivity contribution is -0.136. The summed E-state index contributed by atoms with van der Waals surface area (Å²) in [5.74, 6) is 0.668. The minimum Gasteiger partial charge on any atom is -0.493 e. The summed E-state index contributed by atoms with van der Waals surface area (Å²) in [6, 6.07) is 11.6. The summed E-state index contributed by atoms with van der Waals surface area (Å²) in [4.78, 5) is 15.2. The van der Waals surface area contributed by atoms with E-state index in [0.717, 1.165) is 32.4 Å². The number of rotatable bonds is 7. The molecule has 1 atom stereocenters. The smallest absolute Gasteiger partial charge is 0.244 e. The van der Waals surface area contributed by atoms with Crippen molar-refractivity contribution in [2.24, 2.45) is 5.41 Å². The van der Waals surface area contributed by atoms with Crippen LogP contribution in [0.2, 0.25) is 15.1 Å². The van der Waals surface area contributed by atoms with Crippen molar-refractivity contribution in [3.63, 3.8) is 0 Å². The summed E-state index contributed by atoms with van der Waals surface area (Å²) in [6.45, 7) is 2.20. The maximum absolute atomic E-state index is 13.6. The Morgan fingerprint density at radius 1 is 0.943 bits per heavy atom. The highest BCUT2D eigenvalue weighted by molar-refractivity contribution is 7.89. The van der Waals surface area contributed by atoms with E-state index in [1.165, 1.54) is 10.4 Å². The molecular formula is C25H29Cl3N2O4S. The third-order valence-electron chi connectivity index (χ3n) is 6.75. The number of halogens is 3. The van der Waals surface area contributed by atoms with E-state index in [1.807, 2.05) is 4.90 Å². The third-order valence-corrected chi connectivity index (χ3v) is 9.82. The molecule has 10 heteroatoms. The van der Waals surface area contributed by atoms with Gasteiger partial charge in [-0.15, -0.1) is 0 Å². The number of benzene rings is 2. The fraction of sp³-hybridized carbons (Fsp3) is 0.480. The number of sulfonamides is 1. The second kappa shape index (κ2) is 11.3. The van der Waals surface area contributed by atoms with Crippen LogP contribution < -0.4 is 4.74 Å². The Morgan fingerprint density at radius 3 is 2.37 bits per heavy atom. The van der Waals surface area contributed by atoms with Crippen LogP contribution in [-0.4, -0.2) is 56.3 Å². The van der Waals surface area contributed by atoms with Gasteiger partial charge in [0.2, 0.25) is 15.9 Å². The van der Waals surface area contributed by atoms with Crippen LogP contribution in [0.4, 0.5) is 0 Å². The van der Waals surface area contributed by atoms with Crippen molar-refractivity contribution in [1.82, 2.24) is 9.21 Å². The number of amides is 1. The van der Waals surface area contributed by atoms with Gasteiger partial charge >= 0.3 is 0 Å². The number of ether oxygens (including phenoxy) is 1. The molecule has 4 rings (SSSR count). The van der Waals surface area contributed by atoms with Gasteiger partial charge in [-0.05, 0) is 68.5 Å². The topological polar surface area (TPSA) is 66.9 Å². The van der Waals surface area contributed by atoms with Crippen LogP contribution in [0.15, 0.2) is 47.4 Å². The molecule has 0 spiro atoms. The van der Waals surface area contributed by atoms with Gasteiger partial charge in [-0.1, -0.05) is 40.9 Å². The minimum absolute atomic E-state index is 0.00662. The lowest BCUT2D eigenvalue weighted by atomic mass is 9.78. The first-order valence-electron chi connectivity index (χ1n) is 11.8. The molecule has 2 aromatic carbocycles. The molecule has 2 aliphatic heterocycles. The fourth-order valence-corrected chi connectivity index (χ4v) is 7.30. The highest BCUT2D eigenvalue weighted by atomic mass is 35.5. The number of hydrogen-bond donors (Lipinski definition) is 0. The van der Waals surface area contributed by atoms with Crippen molar-refractivity contribution < 1.29 is 17.9 Å². The maximum atomic E-state index is 13.6. The average Bonchev–Trinajstić information content (AvgIpc) is 2.86. The number of piperidine rings is 2. The van der Waals surface area contributed by atoms with Crippen LogP contribution in [0.3, 0.4) is 0 Å². The molecule has 0 N–H and O–H groups in total.